The summed E-state index contributed by atoms with van der Waals surface area (Å²) in [5.74, 6) is 0.168. The lowest BCUT2D eigenvalue weighted by molar-refractivity contribution is -0.155. The Balaban J connectivity index is 1.42. The van der Waals surface area contributed by atoms with Crippen molar-refractivity contribution in [1.82, 2.24) is 20.4 Å². The minimum Gasteiger partial charge on any atom is -0.493 e. The van der Waals surface area contributed by atoms with E-state index in [4.69, 9.17) is 14.2 Å². The quantitative estimate of drug-likeness (QED) is 0.506. The second-order valence-corrected chi connectivity index (χ2v) is 10.4. The maximum Gasteiger partial charge on any atom is 0.258 e. The topological polar surface area (TPSA) is 130 Å². The normalized spacial score (nSPS) is 23.5. The molecule has 3 N–H and O–H groups in total. The second-order valence-electron chi connectivity index (χ2n) is 10.4. The lowest BCUT2D eigenvalue weighted by Gasteiger charge is -2.37. The molecule has 2 saturated heterocycles. The number of benzene rings is 2. The number of nitrogens with zero attached hydrogens (tertiary/aromatic N) is 2. The van der Waals surface area contributed by atoms with Crippen LogP contribution < -0.4 is 24.8 Å². The highest BCUT2D eigenvalue weighted by Crippen LogP contribution is 2.30. The van der Waals surface area contributed by atoms with Crippen LogP contribution in [0.2, 0.25) is 0 Å². The molecule has 11 heteroatoms. The second kappa shape index (κ2) is 11.1. The number of hydrogen-bond acceptors (Lipinski definition) is 8. The van der Waals surface area contributed by atoms with Gasteiger partial charge >= 0.3 is 0 Å². The molecule has 4 heterocycles. The molecule has 0 aliphatic carbocycles. The van der Waals surface area contributed by atoms with Crippen LogP contribution in [0.25, 0.3) is 0 Å². The summed E-state index contributed by atoms with van der Waals surface area (Å²) in [5.41, 5.74) is -0.257. The molecule has 39 heavy (non-hydrogen) atoms. The molecule has 0 aromatic heterocycles. The van der Waals surface area contributed by atoms with Crippen molar-refractivity contribution in [1.29, 1.82) is 0 Å². The van der Waals surface area contributed by atoms with Crippen molar-refractivity contribution in [3.05, 3.63) is 53.6 Å². The van der Waals surface area contributed by atoms with Gasteiger partial charge in [-0.25, -0.2) is 0 Å². The molecule has 11 nitrogen and oxygen atoms in total. The van der Waals surface area contributed by atoms with Gasteiger partial charge in [0.25, 0.3) is 17.7 Å². The predicted octanol–water partition coefficient (Wildman–Crippen LogP) is 0.549. The first-order valence-electron chi connectivity index (χ1n) is 13.1. The number of amides is 3. The van der Waals surface area contributed by atoms with Gasteiger partial charge in [0.05, 0.1) is 19.7 Å². The maximum atomic E-state index is 13.5. The summed E-state index contributed by atoms with van der Waals surface area (Å²) >= 11 is 0. The molecule has 4 bridgehead atoms. The van der Waals surface area contributed by atoms with Crippen molar-refractivity contribution < 1.29 is 33.7 Å². The van der Waals surface area contributed by atoms with Crippen LogP contribution in [0, 0.1) is 0 Å². The molecule has 0 radical (unpaired) electrons. The first-order valence-corrected chi connectivity index (χ1v) is 13.1. The van der Waals surface area contributed by atoms with E-state index in [0.29, 0.717) is 49.5 Å². The summed E-state index contributed by atoms with van der Waals surface area (Å²) in [7, 11) is 3.44. The summed E-state index contributed by atoms with van der Waals surface area (Å²) in [6.45, 7) is 1.74. The molecular weight excluding hydrogens is 504 g/mol. The molecule has 2 aromatic carbocycles. The van der Waals surface area contributed by atoms with Crippen LogP contribution in [0.15, 0.2) is 42.5 Å². The zero-order chi connectivity index (χ0) is 27.6. The van der Waals surface area contributed by atoms with E-state index in [1.165, 1.54) is 13.2 Å². The monoisotopic (exact) mass is 538 g/mol. The molecule has 2 aromatic rings. The van der Waals surface area contributed by atoms with Gasteiger partial charge in [-0.1, -0.05) is 12.1 Å². The van der Waals surface area contributed by atoms with Crippen molar-refractivity contribution in [3.63, 3.8) is 0 Å². The molecule has 2 fully saturated rings. The molecule has 0 spiro atoms. The van der Waals surface area contributed by atoms with E-state index in [-0.39, 0.29) is 37.3 Å². The van der Waals surface area contributed by atoms with E-state index in [2.05, 4.69) is 15.5 Å². The predicted molar refractivity (Wildman–Crippen MR) is 141 cm³/mol. The van der Waals surface area contributed by atoms with Crippen LogP contribution in [-0.4, -0.2) is 97.3 Å². The Labute approximate surface area is 227 Å². The summed E-state index contributed by atoms with van der Waals surface area (Å²) in [5, 5.41) is 17.0. The highest BCUT2D eigenvalue weighted by Gasteiger charge is 2.46. The number of rotatable bonds is 2. The lowest BCUT2D eigenvalue weighted by Crippen LogP contribution is -2.54. The van der Waals surface area contributed by atoms with E-state index >= 15 is 0 Å². The molecule has 3 amide bonds. The van der Waals surface area contributed by atoms with E-state index in [1.54, 1.807) is 29.2 Å². The third-order valence-corrected chi connectivity index (χ3v) is 7.57. The molecule has 0 unspecified atom stereocenters. The van der Waals surface area contributed by atoms with Crippen LogP contribution in [0.5, 0.6) is 17.2 Å². The van der Waals surface area contributed by atoms with Crippen molar-refractivity contribution in [2.45, 2.75) is 37.1 Å². The minimum atomic E-state index is -1.43. The summed E-state index contributed by atoms with van der Waals surface area (Å²) in [6, 6.07) is 11.5. The average molecular weight is 539 g/mol. The maximum absolute atomic E-state index is 13.5. The number of carbonyl (C=O) groups is 3. The highest BCUT2D eigenvalue weighted by molar-refractivity contribution is 5.95. The Morgan fingerprint density at radius 1 is 1.10 bits per heavy atom. The number of carbonyl (C=O) groups excluding carboxylic acids is 3. The molecule has 208 valence electrons. The van der Waals surface area contributed by atoms with Crippen LogP contribution >= 0.6 is 0 Å². The van der Waals surface area contributed by atoms with Gasteiger partial charge in [0.15, 0.2) is 18.1 Å². The molecule has 2 atom stereocenters. The van der Waals surface area contributed by atoms with Crippen molar-refractivity contribution >= 4 is 17.7 Å². The zero-order valence-electron chi connectivity index (χ0n) is 22.1. The third kappa shape index (κ3) is 5.94. The summed E-state index contributed by atoms with van der Waals surface area (Å²) in [4.78, 5) is 42.8. The summed E-state index contributed by atoms with van der Waals surface area (Å²) in [6.07, 6.45) is 0.171. The number of methoxy groups -OCH3 is 1. The van der Waals surface area contributed by atoms with Gasteiger partial charge in [-0.2, -0.15) is 0 Å². The van der Waals surface area contributed by atoms with Crippen LogP contribution in [-0.2, 0) is 16.1 Å². The number of likely N-dealkylation sites (tertiary alicyclic amines) is 2. The Morgan fingerprint density at radius 3 is 2.56 bits per heavy atom. The zero-order valence-corrected chi connectivity index (χ0v) is 22.1. The standard InChI is InChI=1S/C28H34N4O7/c1-31-11-9-28(36,10-12-31)27(35)32-15-21-24(16-32)39-20-6-3-18(4-7-20)14-29-25(33)17-38-23-13-19(26(34)30-21)5-8-22(23)37-2/h3-8,13,21,24,36H,9-12,14-17H2,1-2H3,(H,29,33)(H,30,34)/t21-,24-/m0/s1. The van der Waals surface area contributed by atoms with Gasteiger partial charge in [-0.3, -0.25) is 14.4 Å². The Bertz CT molecular complexity index is 1230. The van der Waals surface area contributed by atoms with Crippen LogP contribution in [0.1, 0.15) is 28.8 Å². The van der Waals surface area contributed by atoms with Crippen molar-refractivity contribution in [2.75, 3.05) is 46.9 Å². The summed E-state index contributed by atoms with van der Waals surface area (Å²) < 4.78 is 17.3. The number of fused-ring (bicyclic) bond motifs is 7. The fraction of sp³-hybridized carbons (Fsp3) is 0.464. The number of hydrogen-bond donors (Lipinski definition) is 3. The van der Waals surface area contributed by atoms with E-state index < -0.39 is 23.7 Å². The van der Waals surface area contributed by atoms with Gasteiger partial charge in [0.2, 0.25) is 0 Å². The van der Waals surface area contributed by atoms with Crippen LogP contribution in [0.4, 0.5) is 0 Å². The number of aliphatic hydroxyl groups is 1. The number of ether oxygens (including phenoxy) is 3. The molecule has 6 rings (SSSR count). The van der Waals surface area contributed by atoms with Gasteiger partial charge in [-0.05, 0) is 55.8 Å². The molecular formula is C28H34N4O7. The average Bonchev–Trinajstić information content (AvgIpc) is 3.33. The van der Waals surface area contributed by atoms with Gasteiger partial charge in [-0.15, -0.1) is 0 Å². The minimum absolute atomic E-state index is 0.198. The molecule has 4 aliphatic heterocycles. The Kier molecular flexibility index (Phi) is 7.62. The van der Waals surface area contributed by atoms with E-state index in [1.807, 2.05) is 19.2 Å². The number of piperidine rings is 1. The fourth-order valence-electron chi connectivity index (χ4n) is 5.13. The molecule has 0 saturated carbocycles. The van der Waals surface area contributed by atoms with Gasteiger partial charge < -0.3 is 39.8 Å². The van der Waals surface area contributed by atoms with Crippen molar-refractivity contribution in [2.24, 2.45) is 0 Å². The van der Waals surface area contributed by atoms with Gasteiger partial charge in [0.1, 0.15) is 17.5 Å². The first kappa shape index (κ1) is 26.8. The fourth-order valence-corrected chi connectivity index (χ4v) is 5.13. The Hall–Kier alpha value is -3.83. The molecule has 4 aliphatic rings. The first-order chi connectivity index (χ1) is 18.7. The van der Waals surface area contributed by atoms with Crippen molar-refractivity contribution in [3.8, 4) is 17.2 Å². The van der Waals surface area contributed by atoms with Crippen LogP contribution in [0.3, 0.4) is 0 Å². The third-order valence-electron chi connectivity index (χ3n) is 7.57. The lowest BCUT2D eigenvalue weighted by atomic mass is 9.90. The number of nitrogens with one attached hydrogen (secondary N) is 2. The SMILES string of the molecule is COc1ccc2cc1OCC(=O)NCc1ccc(cc1)O[C@H]1CN(C(=O)C3(O)CCN(C)CC3)C[C@@H]1NC2=O. The van der Waals surface area contributed by atoms with E-state index in [9.17, 15) is 19.5 Å². The smallest absolute Gasteiger partial charge is 0.258 e. The van der Waals surface area contributed by atoms with E-state index in [0.717, 1.165) is 5.56 Å². The highest BCUT2D eigenvalue weighted by atomic mass is 16.5. The van der Waals surface area contributed by atoms with Gasteiger partial charge in [0, 0.05) is 31.7 Å². The largest absolute Gasteiger partial charge is 0.493 e. The Morgan fingerprint density at radius 2 is 1.85 bits per heavy atom.